The Morgan fingerprint density at radius 3 is 2.87 bits per heavy atom. The number of aromatic nitrogens is 1. The van der Waals surface area contributed by atoms with Gasteiger partial charge in [0.05, 0.1) is 0 Å². The quantitative estimate of drug-likeness (QED) is 0.703. The number of H-pyrrole nitrogens is 1. The molecule has 0 atom stereocenters. The number of nitrogens with two attached hydrogens (primary N) is 1. The van der Waals surface area contributed by atoms with Crippen molar-refractivity contribution in [3.63, 3.8) is 0 Å². The van der Waals surface area contributed by atoms with E-state index in [-0.39, 0.29) is 5.91 Å². The van der Waals surface area contributed by atoms with E-state index in [1.54, 1.807) is 12.3 Å². The van der Waals surface area contributed by atoms with Crippen LogP contribution >= 0.6 is 0 Å². The van der Waals surface area contributed by atoms with E-state index in [1.807, 2.05) is 0 Å². The zero-order valence-electron chi connectivity index (χ0n) is 8.75. The van der Waals surface area contributed by atoms with Crippen LogP contribution in [0.25, 0.3) is 0 Å². The first-order chi connectivity index (χ1) is 7.25. The SMILES string of the molecule is Nc1c[nH]c(C(=O)NCC2CCCC2)c1. The van der Waals surface area contributed by atoms with Crippen molar-refractivity contribution in [1.29, 1.82) is 0 Å². The maximum absolute atomic E-state index is 11.6. The highest BCUT2D eigenvalue weighted by Gasteiger charge is 2.16. The smallest absolute Gasteiger partial charge is 0.267 e. The Morgan fingerprint density at radius 1 is 1.53 bits per heavy atom. The van der Waals surface area contributed by atoms with Gasteiger partial charge in [-0.25, -0.2) is 0 Å². The lowest BCUT2D eigenvalue weighted by Gasteiger charge is -2.09. The van der Waals surface area contributed by atoms with Gasteiger partial charge in [-0.2, -0.15) is 0 Å². The molecule has 4 nitrogen and oxygen atoms in total. The molecule has 0 unspecified atom stereocenters. The van der Waals surface area contributed by atoms with Crippen LogP contribution in [0, 0.1) is 5.92 Å². The normalized spacial score (nSPS) is 16.8. The Labute approximate surface area is 89.2 Å². The van der Waals surface area contributed by atoms with E-state index in [1.165, 1.54) is 25.7 Å². The van der Waals surface area contributed by atoms with Gasteiger partial charge in [0, 0.05) is 18.4 Å². The van der Waals surface area contributed by atoms with Crippen LogP contribution in [0.3, 0.4) is 0 Å². The molecule has 0 spiro atoms. The lowest BCUT2D eigenvalue weighted by atomic mass is 10.1. The van der Waals surface area contributed by atoms with E-state index in [9.17, 15) is 4.79 Å². The number of rotatable bonds is 3. The molecule has 1 heterocycles. The predicted molar refractivity (Wildman–Crippen MR) is 59.5 cm³/mol. The van der Waals surface area contributed by atoms with Gasteiger partial charge in [-0.05, 0) is 24.8 Å². The lowest BCUT2D eigenvalue weighted by molar-refractivity contribution is 0.0943. The van der Waals surface area contributed by atoms with Crippen molar-refractivity contribution in [3.05, 3.63) is 18.0 Å². The molecule has 1 amide bonds. The summed E-state index contributed by atoms with van der Waals surface area (Å²) < 4.78 is 0. The van der Waals surface area contributed by atoms with Crippen LogP contribution in [0.2, 0.25) is 0 Å². The molecule has 1 saturated carbocycles. The number of amides is 1. The van der Waals surface area contributed by atoms with Gasteiger partial charge >= 0.3 is 0 Å². The number of carbonyl (C=O) groups excluding carboxylic acids is 1. The fraction of sp³-hybridized carbons (Fsp3) is 0.545. The van der Waals surface area contributed by atoms with Gasteiger partial charge < -0.3 is 16.0 Å². The summed E-state index contributed by atoms with van der Waals surface area (Å²) in [5.41, 5.74) is 6.67. The Hall–Kier alpha value is -1.45. The summed E-state index contributed by atoms with van der Waals surface area (Å²) in [6, 6.07) is 1.66. The second kappa shape index (κ2) is 4.38. The molecular weight excluding hydrogens is 190 g/mol. The van der Waals surface area contributed by atoms with Crippen molar-refractivity contribution in [3.8, 4) is 0 Å². The predicted octanol–water partition coefficient (Wildman–Crippen LogP) is 1.52. The molecular formula is C11H17N3O. The van der Waals surface area contributed by atoms with E-state index in [4.69, 9.17) is 5.73 Å². The van der Waals surface area contributed by atoms with Crippen molar-refractivity contribution >= 4 is 11.6 Å². The van der Waals surface area contributed by atoms with Crippen LogP contribution in [0.15, 0.2) is 12.3 Å². The molecule has 2 rings (SSSR count). The van der Waals surface area contributed by atoms with E-state index >= 15 is 0 Å². The van der Waals surface area contributed by atoms with E-state index < -0.39 is 0 Å². The molecule has 1 fully saturated rings. The Kier molecular flexibility index (Phi) is 2.94. The van der Waals surface area contributed by atoms with Crippen LogP contribution < -0.4 is 11.1 Å². The molecule has 4 heteroatoms. The first kappa shape index (κ1) is 10.1. The Morgan fingerprint density at radius 2 is 2.27 bits per heavy atom. The fourth-order valence-corrected chi connectivity index (χ4v) is 2.09. The molecule has 0 bridgehead atoms. The third-order valence-corrected chi connectivity index (χ3v) is 2.98. The standard InChI is InChI=1S/C11H17N3O/c12-9-5-10(13-7-9)11(15)14-6-8-3-1-2-4-8/h5,7-8,13H,1-4,6,12H2,(H,14,15). The summed E-state index contributed by atoms with van der Waals surface area (Å²) in [6.45, 7) is 0.789. The molecule has 1 aliphatic rings. The molecule has 15 heavy (non-hydrogen) atoms. The van der Waals surface area contributed by atoms with Gasteiger partial charge in [0.15, 0.2) is 0 Å². The van der Waals surface area contributed by atoms with Crippen molar-refractivity contribution in [2.24, 2.45) is 5.92 Å². The minimum atomic E-state index is -0.0569. The maximum Gasteiger partial charge on any atom is 0.267 e. The highest BCUT2D eigenvalue weighted by Crippen LogP contribution is 2.23. The van der Waals surface area contributed by atoms with Crippen LogP contribution in [0.4, 0.5) is 5.69 Å². The Bertz CT molecular complexity index is 339. The Balaban J connectivity index is 1.81. The molecule has 4 N–H and O–H groups in total. The van der Waals surface area contributed by atoms with E-state index in [0.29, 0.717) is 17.3 Å². The van der Waals surface area contributed by atoms with Crippen molar-refractivity contribution in [1.82, 2.24) is 10.3 Å². The number of anilines is 1. The topological polar surface area (TPSA) is 70.9 Å². The minimum Gasteiger partial charge on any atom is -0.397 e. The number of carbonyl (C=O) groups is 1. The highest BCUT2D eigenvalue weighted by molar-refractivity contribution is 5.93. The number of hydrogen-bond acceptors (Lipinski definition) is 2. The summed E-state index contributed by atoms with van der Waals surface area (Å²) in [5.74, 6) is 0.611. The zero-order valence-corrected chi connectivity index (χ0v) is 8.75. The molecule has 0 aromatic carbocycles. The van der Waals surface area contributed by atoms with Crippen LogP contribution in [-0.4, -0.2) is 17.4 Å². The minimum absolute atomic E-state index is 0.0569. The third-order valence-electron chi connectivity index (χ3n) is 2.98. The highest BCUT2D eigenvalue weighted by atomic mass is 16.1. The molecule has 0 radical (unpaired) electrons. The number of hydrogen-bond donors (Lipinski definition) is 3. The van der Waals surface area contributed by atoms with Gasteiger partial charge in [0.25, 0.3) is 5.91 Å². The summed E-state index contributed by atoms with van der Waals surface area (Å²) in [5, 5.41) is 2.93. The molecule has 0 aliphatic heterocycles. The van der Waals surface area contributed by atoms with Gasteiger partial charge in [-0.3, -0.25) is 4.79 Å². The number of nitrogens with one attached hydrogen (secondary N) is 2. The summed E-state index contributed by atoms with van der Waals surface area (Å²) in [7, 11) is 0. The van der Waals surface area contributed by atoms with Crippen LogP contribution in [0.5, 0.6) is 0 Å². The molecule has 0 saturated heterocycles. The molecule has 1 aromatic rings. The molecule has 82 valence electrons. The average molecular weight is 207 g/mol. The summed E-state index contributed by atoms with van der Waals surface area (Å²) in [6.07, 6.45) is 6.72. The van der Waals surface area contributed by atoms with Crippen molar-refractivity contribution < 1.29 is 4.79 Å². The third kappa shape index (κ3) is 2.52. The average Bonchev–Trinajstić information content (AvgIpc) is 2.84. The zero-order chi connectivity index (χ0) is 10.7. The second-order valence-corrected chi connectivity index (χ2v) is 4.21. The monoisotopic (exact) mass is 207 g/mol. The molecule has 1 aliphatic carbocycles. The molecule has 1 aromatic heterocycles. The summed E-state index contributed by atoms with van der Waals surface area (Å²) in [4.78, 5) is 14.5. The maximum atomic E-state index is 11.6. The van der Waals surface area contributed by atoms with E-state index in [0.717, 1.165) is 6.54 Å². The van der Waals surface area contributed by atoms with Gasteiger partial charge in [0.1, 0.15) is 5.69 Å². The van der Waals surface area contributed by atoms with Crippen LogP contribution in [-0.2, 0) is 0 Å². The lowest BCUT2D eigenvalue weighted by Crippen LogP contribution is -2.28. The summed E-state index contributed by atoms with van der Waals surface area (Å²) >= 11 is 0. The second-order valence-electron chi connectivity index (χ2n) is 4.21. The first-order valence-corrected chi connectivity index (χ1v) is 5.48. The van der Waals surface area contributed by atoms with Gasteiger partial charge in [0.2, 0.25) is 0 Å². The van der Waals surface area contributed by atoms with Crippen molar-refractivity contribution in [2.75, 3.05) is 12.3 Å². The first-order valence-electron chi connectivity index (χ1n) is 5.48. The van der Waals surface area contributed by atoms with Gasteiger partial charge in [-0.15, -0.1) is 0 Å². The number of aromatic amines is 1. The largest absolute Gasteiger partial charge is 0.397 e. The van der Waals surface area contributed by atoms with Gasteiger partial charge in [-0.1, -0.05) is 12.8 Å². The van der Waals surface area contributed by atoms with Crippen LogP contribution in [0.1, 0.15) is 36.2 Å². The number of nitrogen functional groups attached to an aromatic ring is 1. The fourth-order valence-electron chi connectivity index (χ4n) is 2.09. The van der Waals surface area contributed by atoms with E-state index in [2.05, 4.69) is 10.3 Å². The van der Waals surface area contributed by atoms with Crippen molar-refractivity contribution in [2.45, 2.75) is 25.7 Å².